The fraction of sp³-hybridized carbons (Fsp3) is 0.429. The van der Waals surface area contributed by atoms with Gasteiger partial charge in [-0.05, 0) is 31.5 Å². The van der Waals surface area contributed by atoms with Gasteiger partial charge in [-0.1, -0.05) is 0 Å². The topological polar surface area (TPSA) is 117 Å². The molecule has 2 aromatic heterocycles. The predicted octanol–water partition coefficient (Wildman–Crippen LogP) is 3.51. The maximum atomic E-state index is 13.3. The highest BCUT2D eigenvalue weighted by Crippen LogP contribution is 2.59. The Bertz CT molecular complexity index is 1060. The predicted molar refractivity (Wildman–Crippen MR) is 111 cm³/mol. The molecule has 170 valence electrons. The molecule has 3 amide bonds. The van der Waals surface area contributed by atoms with Crippen molar-refractivity contribution in [1.29, 1.82) is 0 Å². The van der Waals surface area contributed by atoms with Crippen molar-refractivity contribution in [2.24, 2.45) is 5.41 Å². The number of halogens is 2. The van der Waals surface area contributed by atoms with Crippen LogP contribution in [-0.4, -0.2) is 50.6 Å². The Labute approximate surface area is 182 Å². The summed E-state index contributed by atoms with van der Waals surface area (Å²) in [5.74, 6) is -1.59. The molecule has 2 aromatic rings. The van der Waals surface area contributed by atoms with Crippen molar-refractivity contribution in [1.82, 2.24) is 14.9 Å². The van der Waals surface area contributed by atoms with Crippen molar-refractivity contribution in [3.63, 3.8) is 0 Å². The van der Waals surface area contributed by atoms with Crippen LogP contribution in [0.1, 0.15) is 31.9 Å². The number of carbonyl (C=O) groups excluding carboxylic acids is 2. The average Bonchev–Trinajstić information content (AvgIpc) is 2.99. The van der Waals surface area contributed by atoms with Crippen LogP contribution in [-0.2, 0) is 4.79 Å². The van der Waals surface area contributed by atoms with Crippen molar-refractivity contribution >= 4 is 23.6 Å². The Kier molecular flexibility index (Phi) is 5.45. The van der Waals surface area contributed by atoms with Crippen LogP contribution in [0.2, 0.25) is 0 Å². The number of nitrogens with zero attached hydrogens (tertiary/aromatic N) is 3. The van der Waals surface area contributed by atoms with Crippen molar-refractivity contribution in [3.05, 3.63) is 36.2 Å². The van der Waals surface area contributed by atoms with Crippen LogP contribution < -0.4 is 15.4 Å². The van der Waals surface area contributed by atoms with E-state index in [2.05, 4.69) is 20.6 Å². The zero-order valence-electron chi connectivity index (χ0n) is 17.6. The highest BCUT2D eigenvalue weighted by atomic mass is 19.3. The summed E-state index contributed by atoms with van der Waals surface area (Å²) in [6.45, 7) is 3.26. The lowest BCUT2D eigenvalue weighted by Crippen LogP contribution is -2.54. The highest BCUT2D eigenvalue weighted by molar-refractivity contribution is 5.89. The van der Waals surface area contributed by atoms with E-state index in [4.69, 9.17) is 4.74 Å². The molecule has 1 saturated heterocycles. The number of amides is 3. The third-order valence-electron chi connectivity index (χ3n) is 5.71. The first kappa shape index (κ1) is 21.9. The number of hydrogen-bond donors (Lipinski definition) is 3. The number of ether oxygens (including phenoxy) is 1. The van der Waals surface area contributed by atoms with Crippen molar-refractivity contribution in [2.75, 3.05) is 17.2 Å². The number of anilines is 2. The second kappa shape index (κ2) is 7.97. The molecule has 2 aliphatic rings. The van der Waals surface area contributed by atoms with Gasteiger partial charge in [0, 0.05) is 44.0 Å². The lowest BCUT2D eigenvalue weighted by Gasteiger charge is -2.47. The first-order chi connectivity index (χ1) is 15.1. The quantitative estimate of drug-likeness (QED) is 0.661. The zero-order chi connectivity index (χ0) is 23.1. The standard InChI is InChI=1S/C21H23F2N5O4/c1-12-15(32-14-5-7-24-17(9-14)26-13(2)29)3-4-16(25-12)27-19(31)28-8-6-20(18(28)30)10-21(22,23)11-20/h3-5,7,9,18,30H,6,8,10-11H2,1-2H3,(H,24,26,29)(H,25,27,31). The summed E-state index contributed by atoms with van der Waals surface area (Å²) in [5.41, 5.74) is -0.444. The number of likely N-dealkylation sites (tertiary alicyclic amines) is 1. The SMILES string of the molecule is CC(=O)Nc1cc(Oc2ccc(NC(=O)N3CCC4(CC(F)(F)C4)C3O)nc2C)ccn1. The van der Waals surface area contributed by atoms with E-state index in [9.17, 15) is 23.5 Å². The molecule has 1 aliphatic carbocycles. The van der Waals surface area contributed by atoms with Gasteiger partial charge in [-0.15, -0.1) is 0 Å². The van der Waals surface area contributed by atoms with E-state index >= 15 is 0 Å². The summed E-state index contributed by atoms with van der Waals surface area (Å²) in [5, 5.41) is 15.6. The van der Waals surface area contributed by atoms with Gasteiger partial charge in [0.05, 0.1) is 5.69 Å². The van der Waals surface area contributed by atoms with Crippen LogP contribution >= 0.6 is 0 Å². The number of aliphatic hydroxyl groups excluding tert-OH is 1. The molecule has 1 saturated carbocycles. The molecule has 2 fully saturated rings. The fourth-order valence-electron chi connectivity index (χ4n) is 4.23. The van der Waals surface area contributed by atoms with Crippen LogP contribution in [0.5, 0.6) is 11.5 Å². The van der Waals surface area contributed by atoms with Crippen molar-refractivity contribution in [2.45, 2.75) is 45.3 Å². The third kappa shape index (κ3) is 4.33. The lowest BCUT2D eigenvalue weighted by atomic mass is 9.64. The van der Waals surface area contributed by atoms with Gasteiger partial charge in [-0.3, -0.25) is 15.0 Å². The molecule has 3 N–H and O–H groups in total. The third-order valence-corrected chi connectivity index (χ3v) is 5.71. The molecular formula is C21H23F2N5O4. The summed E-state index contributed by atoms with van der Waals surface area (Å²) in [7, 11) is 0. The molecule has 3 heterocycles. The Hall–Kier alpha value is -3.34. The van der Waals surface area contributed by atoms with Gasteiger partial charge in [0.2, 0.25) is 11.8 Å². The molecule has 1 spiro atoms. The lowest BCUT2D eigenvalue weighted by molar-refractivity contribution is -0.202. The van der Waals surface area contributed by atoms with Gasteiger partial charge < -0.3 is 15.2 Å². The van der Waals surface area contributed by atoms with E-state index in [1.807, 2.05) is 0 Å². The van der Waals surface area contributed by atoms with E-state index in [0.29, 0.717) is 29.4 Å². The first-order valence-corrected chi connectivity index (χ1v) is 10.1. The number of aliphatic hydroxyl groups is 1. The van der Waals surface area contributed by atoms with E-state index in [1.165, 1.54) is 19.2 Å². The van der Waals surface area contributed by atoms with Gasteiger partial charge in [-0.25, -0.2) is 23.5 Å². The first-order valence-electron chi connectivity index (χ1n) is 10.1. The number of aryl methyl sites for hydroxylation is 1. The maximum absolute atomic E-state index is 13.3. The van der Waals surface area contributed by atoms with Crippen LogP contribution in [0.25, 0.3) is 0 Å². The fourth-order valence-corrected chi connectivity index (χ4v) is 4.23. The number of aromatic nitrogens is 2. The average molecular weight is 447 g/mol. The largest absolute Gasteiger partial charge is 0.455 e. The molecule has 9 nitrogen and oxygen atoms in total. The molecule has 0 radical (unpaired) electrons. The summed E-state index contributed by atoms with van der Waals surface area (Å²) in [6, 6.07) is 5.73. The molecule has 11 heteroatoms. The molecule has 1 unspecified atom stereocenters. The van der Waals surface area contributed by atoms with Crippen molar-refractivity contribution in [3.8, 4) is 11.5 Å². The molecule has 1 aliphatic heterocycles. The number of nitrogens with one attached hydrogen (secondary N) is 2. The minimum Gasteiger partial charge on any atom is -0.455 e. The number of pyridine rings is 2. The minimum atomic E-state index is -2.78. The van der Waals surface area contributed by atoms with Gasteiger partial charge >= 0.3 is 6.03 Å². The van der Waals surface area contributed by atoms with Crippen molar-refractivity contribution < 1.29 is 28.2 Å². The molecule has 1 atom stereocenters. The number of hydrogen-bond acceptors (Lipinski definition) is 6. The number of carbonyl (C=O) groups is 2. The molecule has 0 aromatic carbocycles. The van der Waals surface area contributed by atoms with Crippen LogP contribution in [0.4, 0.5) is 25.2 Å². The van der Waals surface area contributed by atoms with E-state index in [-0.39, 0.29) is 18.3 Å². The summed E-state index contributed by atoms with van der Waals surface area (Å²) >= 11 is 0. The summed E-state index contributed by atoms with van der Waals surface area (Å²) < 4.78 is 32.4. The summed E-state index contributed by atoms with van der Waals surface area (Å²) in [6.07, 6.45) is -0.248. The Balaban J connectivity index is 1.40. The molecular weight excluding hydrogens is 424 g/mol. The maximum Gasteiger partial charge on any atom is 0.325 e. The number of alkyl halides is 2. The molecule has 0 bridgehead atoms. The minimum absolute atomic E-state index is 0.196. The van der Waals surface area contributed by atoms with Gasteiger partial charge in [0.1, 0.15) is 29.4 Å². The van der Waals surface area contributed by atoms with E-state index in [0.717, 1.165) is 4.90 Å². The number of rotatable bonds is 4. The van der Waals surface area contributed by atoms with Crippen LogP contribution in [0, 0.1) is 12.3 Å². The monoisotopic (exact) mass is 447 g/mol. The Morgan fingerprint density at radius 2 is 1.97 bits per heavy atom. The van der Waals surface area contributed by atoms with E-state index < -0.39 is 36.4 Å². The zero-order valence-corrected chi connectivity index (χ0v) is 17.6. The normalized spacial score (nSPS) is 20.5. The molecule has 4 rings (SSSR count). The van der Waals surface area contributed by atoms with E-state index in [1.54, 1.807) is 25.1 Å². The number of urea groups is 1. The Morgan fingerprint density at radius 3 is 2.62 bits per heavy atom. The smallest absolute Gasteiger partial charge is 0.325 e. The Morgan fingerprint density at radius 1 is 1.22 bits per heavy atom. The van der Waals surface area contributed by atoms with Gasteiger partial charge in [-0.2, -0.15) is 0 Å². The highest BCUT2D eigenvalue weighted by Gasteiger charge is 2.64. The van der Waals surface area contributed by atoms with Gasteiger partial charge in [0.25, 0.3) is 0 Å². The van der Waals surface area contributed by atoms with Crippen LogP contribution in [0.3, 0.4) is 0 Å². The second-order valence-corrected chi connectivity index (χ2v) is 8.26. The summed E-state index contributed by atoms with van der Waals surface area (Å²) in [4.78, 5) is 33.2. The van der Waals surface area contributed by atoms with Gasteiger partial charge in [0.15, 0.2) is 0 Å². The molecule has 32 heavy (non-hydrogen) atoms. The van der Waals surface area contributed by atoms with Crippen LogP contribution in [0.15, 0.2) is 30.5 Å². The second-order valence-electron chi connectivity index (χ2n) is 8.26.